The van der Waals surface area contributed by atoms with Crippen LogP contribution < -0.4 is 5.32 Å². The van der Waals surface area contributed by atoms with Crippen LogP contribution in [0.15, 0.2) is 42.5 Å². The molecule has 1 atom stereocenters. The van der Waals surface area contributed by atoms with Crippen molar-refractivity contribution in [2.24, 2.45) is 0 Å². The zero-order valence-electron chi connectivity index (χ0n) is 15.3. The smallest absolute Gasteiger partial charge is 0.269 e. The number of rotatable bonds is 7. The average molecular weight is 391 g/mol. The van der Waals surface area contributed by atoms with Crippen LogP contribution in [0.5, 0.6) is 0 Å². The Morgan fingerprint density at radius 2 is 1.79 bits per heavy atom. The maximum absolute atomic E-state index is 13.4. The van der Waals surface area contributed by atoms with Crippen LogP contribution in [0.2, 0.25) is 0 Å². The van der Waals surface area contributed by atoms with Crippen molar-refractivity contribution in [2.45, 2.75) is 19.4 Å². The normalized spacial score (nSPS) is 11.6. The van der Waals surface area contributed by atoms with E-state index in [1.807, 2.05) is 0 Å². The van der Waals surface area contributed by atoms with Gasteiger partial charge in [0.25, 0.3) is 11.6 Å². The Balaban J connectivity index is 1.87. The molecule has 0 unspecified atom stereocenters. The first kappa shape index (κ1) is 20.9. The monoisotopic (exact) mass is 391 g/mol. The third-order valence-electron chi connectivity index (χ3n) is 4.37. The molecule has 28 heavy (non-hydrogen) atoms. The molecule has 0 heterocycles. The molecule has 0 bridgehead atoms. The van der Waals surface area contributed by atoms with Gasteiger partial charge in [0.1, 0.15) is 0 Å². The summed E-state index contributed by atoms with van der Waals surface area (Å²) in [5.74, 6) is -2.69. The molecule has 0 spiro atoms. The van der Waals surface area contributed by atoms with Gasteiger partial charge >= 0.3 is 0 Å². The summed E-state index contributed by atoms with van der Waals surface area (Å²) in [6, 6.07) is 8.06. The maximum atomic E-state index is 13.4. The fraction of sp³-hybridized carbons (Fsp3) is 0.263. The van der Waals surface area contributed by atoms with E-state index < -0.39 is 28.5 Å². The molecule has 0 saturated carbocycles. The highest BCUT2D eigenvalue weighted by Gasteiger charge is 2.19. The summed E-state index contributed by atoms with van der Waals surface area (Å²) in [7, 11) is 1.53. The van der Waals surface area contributed by atoms with E-state index >= 15 is 0 Å². The van der Waals surface area contributed by atoms with Gasteiger partial charge in [-0.15, -0.1) is 0 Å². The number of amides is 2. The van der Waals surface area contributed by atoms with Gasteiger partial charge in [-0.3, -0.25) is 19.7 Å². The Kier molecular flexibility index (Phi) is 6.75. The van der Waals surface area contributed by atoms with Gasteiger partial charge in [-0.2, -0.15) is 0 Å². The first-order valence-electron chi connectivity index (χ1n) is 8.44. The highest BCUT2D eigenvalue weighted by molar-refractivity contribution is 5.94. The van der Waals surface area contributed by atoms with Crippen LogP contribution in [0.25, 0.3) is 0 Å². The van der Waals surface area contributed by atoms with Gasteiger partial charge in [0.2, 0.25) is 5.91 Å². The fourth-order valence-corrected chi connectivity index (χ4v) is 2.51. The van der Waals surface area contributed by atoms with Gasteiger partial charge in [-0.05, 0) is 36.8 Å². The highest BCUT2D eigenvalue weighted by Crippen LogP contribution is 2.21. The van der Waals surface area contributed by atoms with Crippen molar-refractivity contribution in [1.82, 2.24) is 10.2 Å². The number of hydrogen-bond acceptors (Lipinski definition) is 4. The zero-order valence-corrected chi connectivity index (χ0v) is 15.3. The molecule has 2 aromatic rings. The lowest BCUT2D eigenvalue weighted by atomic mass is 10.1. The lowest BCUT2D eigenvalue weighted by molar-refractivity contribution is -0.384. The molecule has 0 radical (unpaired) electrons. The molecule has 0 fully saturated rings. The Morgan fingerprint density at radius 1 is 1.14 bits per heavy atom. The van der Waals surface area contributed by atoms with Crippen molar-refractivity contribution in [2.75, 3.05) is 13.6 Å². The molecule has 7 nitrogen and oxygen atoms in total. The largest absolute Gasteiger partial charge is 0.352 e. The van der Waals surface area contributed by atoms with Crippen LogP contribution in [0.4, 0.5) is 14.5 Å². The SMILES string of the molecule is C[C@@H](c1ccc(F)c(F)c1)N(C)C(=O)CCNC(=O)c1ccc([N+](=O)[O-])cc1. The average Bonchev–Trinajstić information content (AvgIpc) is 2.68. The summed E-state index contributed by atoms with van der Waals surface area (Å²) in [6.07, 6.45) is 0.00321. The standard InChI is InChI=1S/C19H19F2N3O4/c1-12(14-5-8-16(20)17(21)11-14)23(2)18(25)9-10-22-19(26)13-3-6-15(7-4-13)24(27)28/h3-8,11-12H,9-10H2,1-2H3,(H,22,26)/t12-/m0/s1. The van der Waals surface area contributed by atoms with Gasteiger partial charge < -0.3 is 10.2 Å². The van der Waals surface area contributed by atoms with Crippen LogP contribution in [0, 0.1) is 21.7 Å². The predicted molar refractivity (Wildman–Crippen MR) is 97.6 cm³/mol. The number of non-ortho nitro benzene ring substituents is 1. The molecule has 9 heteroatoms. The topological polar surface area (TPSA) is 92.6 Å². The summed E-state index contributed by atoms with van der Waals surface area (Å²) in [6.45, 7) is 1.74. The van der Waals surface area contributed by atoms with E-state index in [1.54, 1.807) is 6.92 Å². The van der Waals surface area contributed by atoms with E-state index in [4.69, 9.17) is 0 Å². The number of carbonyl (C=O) groups excluding carboxylic acids is 2. The molecule has 148 valence electrons. The lowest BCUT2D eigenvalue weighted by Crippen LogP contribution is -2.33. The molecule has 1 N–H and O–H groups in total. The van der Waals surface area contributed by atoms with Gasteiger partial charge in [-0.25, -0.2) is 8.78 Å². The van der Waals surface area contributed by atoms with E-state index in [1.165, 1.54) is 42.3 Å². The summed E-state index contributed by atoms with van der Waals surface area (Å²) in [5, 5.41) is 13.2. The number of halogens is 2. The van der Waals surface area contributed by atoms with E-state index in [-0.39, 0.29) is 30.1 Å². The Morgan fingerprint density at radius 3 is 2.36 bits per heavy atom. The third kappa shape index (κ3) is 5.09. The Labute approximate surface area is 160 Å². The fourth-order valence-electron chi connectivity index (χ4n) is 2.51. The molecule has 2 rings (SSSR count). The second kappa shape index (κ2) is 9.03. The Hall–Kier alpha value is -3.36. The van der Waals surface area contributed by atoms with Crippen LogP contribution >= 0.6 is 0 Å². The number of hydrogen-bond donors (Lipinski definition) is 1. The molecule has 0 saturated heterocycles. The number of nitro groups is 1. The van der Waals surface area contributed by atoms with E-state index in [9.17, 15) is 28.5 Å². The number of benzene rings is 2. The van der Waals surface area contributed by atoms with Crippen molar-refractivity contribution < 1.29 is 23.3 Å². The van der Waals surface area contributed by atoms with Crippen molar-refractivity contribution in [1.29, 1.82) is 0 Å². The van der Waals surface area contributed by atoms with Crippen LogP contribution in [-0.2, 0) is 4.79 Å². The summed E-state index contributed by atoms with van der Waals surface area (Å²) >= 11 is 0. The number of nitro benzene ring substituents is 1. The summed E-state index contributed by atoms with van der Waals surface area (Å²) in [5.41, 5.74) is 0.561. The van der Waals surface area contributed by atoms with Crippen LogP contribution in [-0.4, -0.2) is 35.2 Å². The highest BCUT2D eigenvalue weighted by atomic mass is 19.2. The molecular formula is C19H19F2N3O4. The molecule has 2 amide bonds. The van der Waals surface area contributed by atoms with Crippen molar-refractivity contribution in [3.63, 3.8) is 0 Å². The van der Waals surface area contributed by atoms with E-state index in [0.717, 1.165) is 12.1 Å². The number of nitrogens with zero attached hydrogens (tertiary/aromatic N) is 2. The van der Waals surface area contributed by atoms with E-state index in [2.05, 4.69) is 5.32 Å². The van der Waals surface area contributed by atoms with Gasteiger partial charge in [0, 0.05) is 37.7 Å². The van der Waals surface area contributed by atoms with Gasteiger partial charge in [0.05, 0.1) is 11.0 Å². The second-order valence-electron chi connectivity index (χ2n) is 6.16. The minimum Gasteiger partial charge on any atom is -0.352 e. The maximum Gasteiger partial charge on any atom is 0.269 e. The molecule has 0 aliphatic rings. The van der Waals surface area contributed by atoms with Crippen molar-refractivity contribution in [3.8, 4) is 0 Å². The minimum absolute atomic E-state index is 0.00321. The van der Waals surface area contributed by atoms with Crippen molar-refractivity contribution in [3.05, 3.63) is 75.3 Å². The molecule has 2 aromatic carbocycles. The Bertz CT molecular complexity index is 887. The van der Waals surface area contributed by atoms with Crippen molar-refractivity contribution >= 4 is 17.5 Å². The zero-order chi connectivity index (χ0) is 20.8. The lowest BCUT2D eigenvalue weighted by Gasteiger charge is -2.25. The van der Waals surface area contributed by atoms with Crippen LogP contribution in [0.1, 0.15) is 35.3 Å². The third-order valence-corrected chi connectivity index (χ3v) is 4.37. The molecule has 0 aliphatic carbocycles. The molecule has 0 aromatic heterocycles. The summed E-state index contributed by atoms with van der Waals surface area (Å²) < 4.78 is 26.4. The first-order valence-corrected chi connectivity index (χ1v) is 8.44. The molecule has 0 aliphatic heterocycles. The van der Waals surface area contributed by atoms with E-state index in [0.29, 0.717) is 5.56 Å². The van der Waals surface area contributed by atoms with Gasteiger partial charge in [-0.1, -0.05) is 6.07 Å². The second-order valence-corrected chi connectivity index (χ2v) is 6.16. The van der Waals surface area contributed by atoms with Gasteiger partial charge in [0.15, 0.2) is 11.6 Å². The summed E-state index contributed by atoms with van der Waals surface area (Å²) in [4.78, 5) is 35.7. The molecular weight excluding hydrogens is 372 g/mol. The first-order chi connectivity index (χ1) is 13.2. The number of carbonyl (C=O) groups is 2. The number of nitrogens with one attached hydrogen (secondary N) is 1. The minimum atomic E-state index is -0.986. The quantitative estimate of drug-likeness (QED) is 0.579. The predicted octanol–water partition coefficient (Wildman–Crippen LogP) is 3.21. The van der Waals surface area contributed by atoms with Crippen LogP contribution in [0.3, 0.4) is 0 Å².